The SMILES string of the molecule is N#CC(C#N)=C1C(c2cc(F)c(C#N)c(F)c2F)=C(C#N)c2c1cc1c(c2F)C(=C(C#N)C#N)C(c2cc(F)c(C#N)c(F)c2F)=C1C#N. The second-order valence-electron chi connectivity index (χ2n) is 9.75. The first kappa shape index (κ1) is 32.4. The molecule has 0 bridgehead atoms. The van der Waals surface area contributed by atoms with Gasteiger partial charge in [0.15, 0.2) is 23.3 Å². The van der Waals surface area contributed by atoms with Crippen LogP contribution in [0, 0.1) is 131 Å². The fourth-order valence-corrected chi connectivity index (χ4v) is 5.61. The molecule has 15 heteroatoms. The molecule has 0 amide bonds. The predicted octanol–water partition coefficient (Wildman–Crippen LogP) is 6.90. The molecule has 2 aliphatic carbocycles. The first-order valence-electron chi connectivity index (χ1n) is 12.8. The summed E-state index contributed by atoms with van der Waals surface area (Å²) in [5.74, 6) is -12.9. The first-order valence-corrected chi connectivity index (χ1v) is 12.8. The fraction of sp³-hybridized carbons (Fsp3) is 0. The zero-order valence-electron chi connectivity index (χ0n) is 23.5. The van der Waals surface area contributed by atoms with Gasteiger partial charge in [0.1, 0.15) is 88.3 Å². The Bertz CT molecular complexity index is 2630. The molecule has 0 saturated heterocycles. The van der Waals surface area contributed by atoms with Crippen molar-refractivity contribution in [2.45, 2.75) is 0 Å². The Morgan fingerprint density at radius 3 is 1.24 bits per heavy atom. The normalized spacial score (nSPS) is 12.4. The Morgan fingerprint density at radius 2 is 0.837 bits per heavy atom. The molecule has 0 atom stereocenters. The van der Waals surface area contributed by atoms with Gasteiger partial charge in [-0.1, -0.05) is 0 Å². The van der Waals surface area contributed by atoms with E-state index in [0.29, 0.717) is 0 Å². The van der Waals surface area contributed by atoms with Crippen molar-refractivity contribution < 1.29 is 30.7 Å². The van der Waals surface area contributed by atoms with Gasteiger partial charge in [0.05, 0.1) is 11.1 Å². The standard InChI is InChI=1S/C34H3F7N8/c35-22-2-16(30(37)32(39)19(22)9-47)26-18(8-46)14-1-15-24(12(4-42)5-43)27(17-3-23(36)20(10-48)33(40)31(17)38)21(11-49)28(15)34(41)29(14)25(26)13(6-44)7-45/h1-3H. The summed E-state index contributed by atoms with van der Waals surface area (Å²) in [4.78, 5) is 0. The lowest BCUT2D eigenvalue weighted by Gasteiger charge is -2.13. The van der Waals surface area contributed by atoms with Crippen molar-refractivity contribution in [1.82, 2.24) is 0 Å². The summed E-state index contributed by atoms with van der Waals surface area (Å²) >= 11 is 0. The molecule has 49 heavy (non-hydrogen) atoms. The molecule has 2 aliphatic rings. The molecule has 3 aromatic rings. The van der Waals surface area contributed by atoms with Crippen LogP contribution < -0.4 is 0 Å². The number of hydrogen-bond acceptors (Lipinski definition) is 8. The number of hydrogen-bond donors (Lipinski definition) is 0. The van der Waals surface area contributed by atoms with Crippen LogP contribution in [0.1, 0.15) is 44.5 Å². The van der Waals surface area contributed by atoms with Crippen molar-refractivity contribution >= 4 is 33.4 Å². The topological polar surface area (TPSA) is 190 Å². The van der Waals surface area contributed by atoms with E-state index in [0.717, 1.165) is 18.2 Å². The minimum atomic E-state index is -2.03. The van der Waals surface area contributed by atoms with Crippen molar-refractivity contribution in [3.05, 3.63) is 115 Å². The van der Waals surface area contributed by atoms with E-state index in [4.69, 9.17) is 10.5 Å². The number of allylic oxidation sites excluding steroid dienone is 8. The highest BCUT2D eigenvalue weighted by Crippen LogP contribution is 2.56. The highest BCUT2D eigenvalue weighted by Gasteiger charge is 2.42. The maximum Gasteiger partial charge on any atom is 0.180 e. The maximum atomic E-state index is 17.0. The lowest BCUT2D eigenvalue weighted by Crippen LogP contribution is -2.03. The molecule has 228 valence electrons. The second kappa shape index (κ2) is 11.8. The molecule has 0 heterocycles. The van der Waals surface area contributed by atoms with E-state index in [1.54, 1.807) is 6.07 Å². The summed E-state index contributed by atoms with van der Waals surface area (Å²) in [5, 5.41) is 77.5. The highest BCUT2D eigenvalue weighted by molar-refractivity contribution is 6.30. The van der Waals surface area contributed by atoms with Gasteiger partial charge in [-0.2, -0.15) is 42.1 Å². The number of nitriles is 8. The van der Waals surface area contributed by atoms with Crippen LogP contribution in [0.2, 0.25) is 0 Å². The Labute approximate surface area is 269 Å². The zero-order valence-corrected chi connectivity index (χ0v) is 23.5. The van der Waals surface area contributed by atoms with E-state index in [1.165, 1.54) is 30.3 Å². The molecular weight excluding hydrogens is 653 g/mol. The van der Waals surface area contributed by atoms with Crippen molar-refractivity contribution in [3.8, 4) is 48.6 Å². The quantitative estimate of drug-likeness (QED) is 0.162. The van der Waals surface area contributed by atoms with Crippen LogP contribution in [0.3, 0.4) is 0 Å². The van der Waals surface area contributed by atoms with Crippen LogP contribution in [0.5, 0.6) is 0 Å². The zero-order chi connectivity index (χ0) is 36.1. The van der Waals surface area contributed by atoms with Gasteiger partial charge in [0.2, 0.25) is 0 Å². The van der Waals surface area contributed by atoms with Gasteiger partial charge in [0, 0.05) is 50.1 Å². The molecule has 5 rings (SSSR count). The number of nitrogens with zero attached hydrogens (tertiary/aromatic N) is 8. The number of halogens is 7. The smallest absolute Gasteiger partial charge is 0.180 e. The van der Waals surface area contributed by atoms with Crippen molar-refractivity contribution in [3.63, 3.8) is 0 Å². The van der Waals surface area contributed by atoms with Gasteiger partial charge in [0.25, 0.3) is 0 Å². The van der Waals surface area contributed by atoms with E-state index in [2.05, 4.69) is 0 Å². The second-order valence-corrected chi connectivity index (χ2v) is 9.75. The Morgan fingerprint density at radius 1 is 0.408 bits per heavy atom. The molecule has 0 N–H and O–H groups in total. The first-order chi connectivity index (χ1) is 23.4. The van der Waals surface area contributed by atoms with Gasteiger partial charge < -0.3 is 0 Å². The molecule has 0 aliphatic heterocycles. The van der Waals surface area contributed by atoms with Crippen LogP contribution in [0.4, 0.5) is 30.7 Å². The van der Waals surface area contributed by atoms with E-state index in [9.17, 15) is 49.1 Å². The lowest BCUT2D eigenvalue weighted by atomic mass is 9.89. The predicted molar refractivity (Wildman–Crippen MR) is 150 cm³/mol. The van der Waals surface area contributed by atoms with Gasteiger partial charge in [-0.3, -0.25) is 0 Å². The van der Waals surface area contributed by atoms with Crippen molar-refractivity contribution in [2.24, 2.45) is 0 Å². The highest BCUT2D eigenvalue weighted by atomic mass is 19.2. The average Bonchev–Trinajstić information content (AvgIpc) is 3.59. The summed E-state index contributed by atoms with van der Waals surface area (Å²) in [7, 11) is 0. The van der Waals surface area contributed by atoms with Crippen molar-refractivity contribution in [1.29, 1.82) is 42.1 Å². The number of benzene rings is 3. The van der Waals surface area contributed by atoms with Crippen LogP contribution in [-0.2, 0) is 0 Å². The largest absolute Gasteiger partial charge is 0.206 e. The van der Waals surface area contributed by atoms with Crippen LogP contribution in [-0.4, -0.2) is 0 Å². The van der Waals surface area contributed by atoms with Crippen molar-refractivity contribution in [2.75, 3.05) is 0 Å². The third kappa shape index (κ3) is 4.31. The van der Waals surface area contributed by atoms with E-state index < -0.39 is 130 Å². The van der Waals surface area contributed by atoms with Crippen LogP contribution >= 0.6 is 0 Å². The summed E-state index contributed by atoms with van der Waals surface area (Å²) in [5.41, 5.74) is -15.4. The third-order valence-electron chi connectivity index (χ3n) is 7.56. The van der Waals surface area contributed by atoms with E-state index >= 15 is 13.2 Å². The van der Waals surface area contributed by atoms with Gasteiger partial charge >= 0.3 is 0 Å². The minimum absolute atomic E-state index is 0.262. The molecule has 0 aromatic heterocycles. The summed E-state index contributed by atoms with van der Waals surface area (Å²) in [6.07, 6.45) is 0. The number of fused-ring (bicyclic) bond motifs is 2. The molecule has 8 nitrogen and oxygen atoms in total. The monoisotopic (exact) mass is 656 g/mol. The van der Waals surface area contributed by atoms with E-state index in [-0.39, 0.29) is 12.1 Å². The van der Waals surface area contributed by atoms with Crippen LogP contribution in [0.25, 0.3) is 33.4 Å². The molecule has 0 spiro atoms. The maximum absolute atomic E-state index is 17.0. The van der Waals surface area contributed by atoms with Gasteiger partial charge in [-0.05, 0) is 23.8 Å². The molecule has 0 unspecified atom stereocenters. The molecule has 3 aromatic carbocycles. The van der Waals surface area contributed by atoms with Gasteiger partial charge in [-0.15, -0.1) is 0 Å². The average molecular weight is 656 g/mol. The minimum Gasteiger partial charge on any atom is -0.206 e. The Kier molecular flexibility index (Phi) is 7.79. The molecular formula is C34H3F7N8. The Balaban J connectivity index is 2.03. The van der Waals surface area contributed by atoms with Crippen LogP contribution in [0.15, 0.2) is 29.3 Å². The summed E-state index contributed by atoms with van der Waals surface area (Å²) in [6.45, 7) is 0. The Hall–Kier alpha value is -7.95. The molecule has 0 fully saturated rings. The summed E-state index contributed by atoms with van der Waals surface area (Å²) < 4.78 is 107. The molecule has 0 radical (unpaired) electrons. The fourth-order valence-electron chi connectivity index (χ4n) is 5.61. The third-order valence-corrected chi connectivity index (χ3v) is 7.56. The number of rotatable bonds is 2. The summed E-state index contributed by atoms with van der Waals surface area (Å²) in [6, 6.07) is 12.3. The molecule has 0 saturated carbocycles. The van der Waals surface area contributed by atoms with Gasteiger partial charge in [-0.25, -0.2) is 30.7 Å². The van der Waals surface area contributed by atoms with E-state index in [1.807, 2.05) is 0 Å². The lowest BCUT2D eigenvalue weighted by molar-refractivity contribution is 0.489.